The predicted octanol–water partition coefficient (Wildman–Crippen LogP) is 2.31. The van der Waals surface area contributed by atoms with E-state index in [-0.39, 0.29) is 22.2 Å². The van der Waals surface area contributed by atoms with Crippen LogP contribution < -0.4 is 5.73 Å². The van der Waals surface area contributed by atoms with Gasteiger partial charge in [0.05, 0.1) is 6.54 Å². The standard InChI is InChI=1S/C12H19BrN2O3S/c1-8(2)15(7-9-3-4-9)19(16,17)11-5-10(6-14)18-12(11)13/h5,8-9H,3-4,6-7,14H2,1-2H3. The second-order valence-electron chi connectivity index (χ2n) is 5.17. The molecule has 2 N–H and O–H groups in total. The fraction of sp³-hybridized carbons (Fsp3) is 0.667. The van der Waals surface area contributed by atoms with Gasteiger partial charge in [-0.1, -0.05) is 0 Å². The Morgan fingerprint density at radius 3 is 2.58 bits per heavy atom. The van der Waals surface area contributed by atoms with Crippen LogP contribution in [0.1, 0.15) is 32.4 Å². The highest BCUT2D eigenvalue weighted by atomic mass is 79.9. The van der Waals surface area contributed by atoms with Gasteiger partial charge in [-0.3, -0.25) is 0 Å². The van der Waals surface area contributed by atoms with Crippen molar-refractivity contribution in [3.63, 3.8) is 0 Å². The summed E-state index contributed by atoms with van der Waals surface area (Å²) in [4.78, 5) is 0.169. The van der Waals surface area contributed by atoms with Crippen molar-refractivity contribution < 1.29 is 12.8 Å². The Hall–Kier alpha value is -0.370. The van der Waals surface area contributed by atoms with Crippen molar-refractivity contribution >= 4 is 26.0 Å². The Kier molecular flexibility index (Phi) is 4.39. The molecule has 0 amide bonds. The molecule has 1 fully saturated rings. The van der Waals surface area contributed by atoms with Crippen LogP contribution in [0.25, 0.3) is 0 Å². The predicted molar refractivity (Wildman–Crippen MR) is 76.1 cm³/mol. The first kappa shape index (κ1) is 15.0. The first-order valence-electron chi connectivity index (χ1n) is 6.36. The van der Waals surface area contributed by atoms with E-state index in [0.29, 0.717) is 18.2 Å². The quantitative estimate of drug-likeness (QED) is 0.853. The van der Waals surface area contributed by atoms with Gasteiger partial charge in [-0.15, -0.1) is 0 Å². The molecule has 1 aliphatic carbocycles. The van der Waals surface area contributed by atoms with Gasteiger partial charge in [-0.25, -0.2) is 8.42 Å². The number of nitrogens with two attached hydrogens (primary N) is 1. The van der Waals surface area contributed by atoms with Crippen molar-refractivity contribution in [3.05, 3.63) is 16.5 Å². The van der Waals surface area contributed by atoms with Gasteiger partial charge in [-0.2, -0.15) is 4.31 Å². The van der Waals surface area contributed by atoms with E-state index < -0.39 is 10.0 Å². The number of sulfonamides is 1. The zero-order valence-electron chi connectivity index (χ0n) is 11.1. The molecular weight excluding hydrogens is 332 g/mol. The van der Waals surface area contributed by atoms with E-state index in [1.54, 1.807) is 4.31 Å². The topological polar surface area (TPSA) is 76.5 Å². The van der Waals surface area contributed by atoms with Crippen molar-refractivity contribution in [1.82, 2.24) is 4.31 Å². The lowest BCUT2D eigenvalue weighted by atomic mass is 10.3. The van der Waals surface area contributed by atoms with Crippen LogP contribution in [-0.2, 0) is 16.6 Å². The third-order valence-electron chi connectivity index (χ3n) is 3.21. The molecule has 108 valence electrons. The molecule has 7 heteroatoms. The Labute approximate surface area is 122 Å². The monoisotopic (exact) mass is 350 g/mol. The van der Waals surface area contributed by atoms with E-state index >= 15 is 0 Å². The summed E-state index contributed by atoms with van der Waals surface area (Å²) in [5.74, 6) is 0.956. The molecule has 0 atom stereocenters. The van der Waals surface area contributed by atoms with E-state index in [1.165, 1.54) is 6.07 Å². The SMILES string of the molecule is CC(C)N(CC1CC1)S(=O)(=O)c1cc(CN)oc1Br. The van der Waals surface area contributed by atoms with Crippen molar-refractivity contribution in [2.45, 2.75) is 44.2 Å². The molecule has 0 saturated heterocycles. The van der Waals surface area contributed by atoms with Crippen LogP contribution >= 0.6 is 15.9 Å². The summed E-state index contributed by atoms with van der Waals surface area (Å²) < 4.78 is 32.4. The maximum absolute atomic E-state index is 12.7. The van der Waals surface area contributed by atoms with Crippen molar-refractivity contribution in [2.24, 2.45) is 11.7 Å². The highest BCUT2D eigenvalue weighted by Crippen LogP contribution is 2.34. The number of furan rings is 1. The number of hydrogen-bond donors (Lipinski definition) is 1. The molecule has 0 aliphatic heterocycles. The Morgan fingerprint density at radius 1 is 1.53 bits per heavy atom. The number of hydrogen-bond acceptors (Lipinski definition) is 4. The summed E-state index contributed by atoms with van der Waals surface area (Å²) in [6, 6.07) is 1.43. The van der Waals surface area contributed by atoms with Crippen molar-refractivity contribution in [3.8, 4) is 0 Å². The third-order valence-corrected chi connectivity index (χ3v) is 6.10. The van der Waals surface area contributed by atoms with Gasteiger partial charge in [0.2, 0.25) is 10.0 Å². The Morgan fingerprint density at radius 2 is 2.16 bits per heavy atom. The molecule has 1 aromatic rings. The second-order valence-corrected chi connectivity index (χ2v) is 7.75. The molecule has 2 rings (SSSR count). The van der Waals surface area contributed by atoms with Crippen molar-refractivity contribution in [1.29, 1.82) is 0 Å². The van der Waals surface area contributed by atoms with Gasteiger partial charge < -0.3 is 10.2 Å². The van der Waals surface area contributed by atoms with E-state index in [9.17, 15) is 8.42 Å². The second kappa shape index (κ2) is 5.55. The molecule has 0 aromatic carbocycles. The van der Waals surface area contributed by atoms with Gasteiger partial charge >= 0.3 is 0 Å². The normalized spacial score (nSPS) is 16.5. The fourth-order valence-corrected chi connectivity index (χ4v) is 4.62. The third kappa shape index (κ3) is 3.21. The Bertz CT molecular complexity index is 549. The average molecular weight is 351 g/mol. The zero-order valence-corrected chi connectivity index (χ0v) is 13.5. The van der Waals surface area contributed by atoms with Gasteiger partial charge in [0, 0.05) is 18.7 Å². The highest BCUT2D eigenvalue weighted by Gasteiger charge is 2.35. The minimum Gasteiger partial charge on any atom is -0.452 e. The Balaban J connectivity index is 2.34. The van der Waals surface area contributed by atoms with Gasteiger partial charge in [0.1, 0.15) is 10.7 Å². The fourth-order valence-electron chi connectivity index (χ4n) is 1.94. The number of rotatable bonds is 6. The lowest BCUT2D eigenvalue weighted by Crippen LogP contribution is -2.38. The smallest absolute Gasteiger partial charge is 0.247 e. The van der Waals surface area contributed by atoms with Gasteiger partial charge in [0.15, 0.2) is 4.67 Å². The number of halogens is 1. The maximum Gasteiger partial charge on any atom is 0.247 e. The largest absolute Gasteiger partial charge is 0.452 e. The summed E-state index contributed by atoms with van der Waals surface area (Å²) in [5.41, 5.74) is 5.48. The minimum absolute atomic E-state index is 0.0753. The molecule has 1 aliphatic rings. The number of nitrogens with zero attached hydrogens (tertiary/aromatic N) is 1. The van der Waals surface area contributed by atoms with E-state index in [2.05, 4.69) is 15.9 Å². The van der Waals surface area contributed by atoms with Crippen LogP contribution in [-0.4, -0.2) is 25.3 Å². The lowest BCUT2D eigenvalue weighted by Gasteiger charge is -2.25. The first-order valence-corrected chi connectivity index (χ1v) is 8.59. The molecule has 0 bridgehead atoms. The molecular formula is C12H19BrN2O3S. The first-order chi connectivity index (χ1) is 8.86. The summed E-state index contributed by atoms with van der Waals surface area (Å²) in [6.45, 7) is 4.53. The maximum atomic E-state index is 12.7. The molecule has 19 heavy (non-hydrogen) atoms. The molecule has 1 saturated carbocycles. The molecule has 5 nitrogen and oxygen atoms in total. The molecule has 0 radical (unpaired) electrons. The summed E-state index contributed by atoms with van der Waals surface area (Å²) in [5, 5.41) is 0. The average Bonchev–Trinajstić information content (AvgIpc) is 3.07. The van der Waals surface area contributed by atoms with Gasteiger partial charge in [-0.05, 0) is 48.5 Å². The van der Waals surface area contributed by atoms with Crippen LogP contribution in [0.4, 0.5) is 0 Å². The molecule has 1 heterocycles. The van der Waals surface area contributed by atoms with Crippen molar-refractivity contribution in [2.75, 3.05) is 6.54 Å². The van der Waals surface area contributed by atoms with Crippen LogP contribution in [0, 0.1) is 5.92 Å². The van der Waals surface area contributed by atoms with E-state index in [4.69, 9.17) is 10.2 Å². The van der Waals surface area contributed by atoms with Gasteiger partial charge in [0.25, 0.3) is 0 Å². The van der Waals surface area contributed by atoms with Crippen LogP contribution in [0.5, 0.6) is 0 Å². The van der Waals surface area contributed by atoms with E-state index in [1.807, 2.05) is 13.8 Å². The lowest BCUT2D eigenvalue weighted by molar-refractivity contribution is 0.341. The van der Waals surface area contributed by atoms with Crippen LogP contribution in [0.3, 0.4) is 0 Å². The van der Waals surface area contributed by atoms with Crippen LogP contribution in [0.15, 0.2) is 20.0 Å². The van der Waals surface area contributed by atoms with Crippen LogP contribution in [0.2, 0.25) is 0 Å². The summed E-state index contributed by atoms with van der Waals surface area (Å²) in [6.07, 6.45) is 2.22. The summed E-state index contributed by atoms with van der Waals surface area (Å²) >= 11 is 3.16. The highest BCUT2D eigenvalue weighted by molar-refractivity contribution is 9.10. The zero-order chi connectivity index (χ0) is 14.2. The summed E-state index contributed by atoms with van der Waals surface area (Å²) in [7, 11) is -3.54. The molecule has 0 spiro atoms. The molecule has 0 unspecified atom stereocenters. The minimum atomic E-state index is -3.54. The molecule has 1 aromatic heterocycles. The van der Waals surface area contributed by atoms with E-state index in [0.717, 1.165) is 12.8 Å².